The summed E-state index contributed by atoms with van der Waals surface area (Å²) < 4.78 is 89.5. The molecule has 0 fully saturated rings. The Kier molecular flexibility index (Phi) is 137. The molecule has 0 aliphatic heterocycles. The molecule has 0 rings (SSSR count). The molecule has 0 atom stereocenters. The molecule has 0 saturated carbocycles. The summed E-state index contributed by atoms with van der Waals surface area (Å²) in [6, 6.07) is 2.61. The van der Waals surface area contributed by atoms with Crippen molar-refractivity contribution in [2.45, 2.75) is 160 Å². The molecule has 0 aromatic rings. The van der Waals surface area contributed by atoms with Crippen LogP contribution in [-0.4, -0.2) is 186 Å². The summed E-state index contributed by atoms with van der Waals surface area (Å²) in [5, 5.41) is 0. The summed E-state index contributed by atoms with van der Waals surface area (Å²) in [6.45, 7) is 9.86. The van der Waals surface area contributed by atoms with E-state index in [9.17, 15) is 0 Å². The van der Waals surface area contributed by atoms with Gasteiger partial charge in [0.25, 0.3) is 0 Å². The number of hydrogen-bond donors (Lipinski definition) is 1. The Morgan fingerprint density at radius 1 is 0.273 bits per heavy atom. The molecule has 0 aromatic carbocycles. The fourth-order valence-corrected chi connectivity index (χ4v) is 9.73. The zero-order chi connectivity index (χ0) is 44.0. The maximum atomic E-state index is 8.91. The van der Waals surface area contributed by atoms with Gasteiger partial charge >= 0.3 is 53.1 Å². The highest BCUT2D eigenvalue weighted by atomic mass is 28.4. The second-order valence-electron chi connectivity index (χ2n) is 10.2. The quantitative estimate of drug-likeness (QED) is 0.0899. The van der Waals surface area contributed by atoms with Crippen molar-refractivity contribution in [1.82, 2.24) is 0 Å². The first kappa shape index (κ1) is 121. The van der Waals surface area contributed by atoms with E-state index in [-0.39, 0.29) is 89.1 Å². The Morgan fingerprint density at radius 2 is 0.470 bits per heavy atom. The van der Waals surface area contributed by atoms with Crippen molar-refractivity contribution in [1.29, 1.82) is 0 Å². The lowest BCUT2D eigenvalue weighted by atomic mass is 10.4. The van der Waals surface area contributed by atoms with Gasteiger partial charge in [-0.05, 0) is 6.42 Å². The van der Waals surface area contributed by atoms with E-state index in [1.54, 1.807) is 107 Å². The van der Waals surface area contributed by atoms with E-state index in [4.69, 9.17) is 71.2 Å². The summed E-state index contributed by atoms with van der Waals surface area (Å²) >= 11 is 0. The molecule has 0 saturated heterocycles. The topological polar surface area (TPSA) is 186 Å². The molecule has 0 heterocycles. The van der Waals surface area contributed by atoms with Crippen molar-refractivity contribution >= 4 is 53.1 Å². The minimum Gasteiger partial charge on any atom is -0.377 e. The van der Waals surface area contributed by atoms with E-state index in [0.29, 0.717) is 0 Å². The fourth-order valence-electron chi connectivity index (χ4n) is 3.24. The highest BCUT2D eigenvalue weighted by molar-refractivity contribution is 6.61. The van der Waals surface area contributed by atoms with E-state index in [2.05, 4.69) is 27.1 Å². The van der Waals surface area contributed by atoms with Gasteiger partial charge in [-0.2, -0.15) is 0 Å². The monoisotopic (exact) mass is 1090 g/mol. The molecule has 0 unspecified atom stereocenters. The van der Waals surface area contributed by atoms with Gasteiger partial charge in [-0.3, -0.25) is 0 Å². The molecule has 0 amide bonds. The van der Waals surface area contributed by atoms with Crippen LogP contribution in [0.15, 0.2) is 0 Å². The Bertz CT molecular complexity index is 654. The second-order valence-corrected chi connectivity index (χ2v) is 27.8. The summed E-state index contributed by atoms with van der Waals surface area (Å²) in [7, 11) is 14.0. The van der Waals surface area contributed by atoms with Crippen molar-refractivity contribution in [2.24, 2.45) is 0 Å². The molecule has 25 heteroatoms. The largest absolute Gasteiger partial charge is 0.676 e. The number of rotatable bonds is 24. The van der Waals surface area contributed by atoms with E-state index in [0.717, 1.165) is 37.4 Å². The van der Waals surface area contributed by atoms with Crippen LogP contribution in [0.4, 0.5) is 0 Å². The minimum absolute atomic E-state index is 0. The lowest BCUT2D eigenvalue weighted by Gasteiger charge is -2.23. The van der Waals surface area contributed by atoms with Crippen LogP contribution >= 0.6 is 0 Å². The molecule has 19 nitrogen and oxygen atoms in total. The van der Waals surface area contributed by atoms with Crippen LogP contribution in [0.5, 0.6) is 0 Å². The fraction of sp³-hybridized carbons (Fsp3) is 1.00. The van der Waals surface area contributed by atoms with Gasteiger partial charge in [-0.1, -0.05) is 123 Å². The normalized spacial score (nSPS) is 9.82. The third-order valence-corrected chi connectivity index (χ3v) is 22.2. The van der Waals surface area contributed by atoms with Gasteiger partial charge in [-0.25, -0.2) is 0 Å². The Balaban J connectivity index is -0.0000000253. The molecule has 0 aromatic heterocycles. The summed E-state index contributed by atoms with van der Waals surface area (Å²) in [4.78, 5) is 8.91. The molecule has 0 bridgehead atoms. The van der Waals surface area contributed by atoms with Crippen molar-refractivity contribution in [3.05, 3.63) is 0 Å². The van der Waals surface area contributed by atoms with Gasteiger partial charge in [0, 0.05) is 159 Å². The average molecular weight is 1100 g/mol. The van der Waals surface area contributed by atoms with Gasteiger partial charge in [0.2, 0.25) is 0 Å². The highest BCUT2D eigenvalue weighted by Gasteiger charge is 2.38. The van der Waals surface area contributed by atoms with E-state index in [1.165, 1.54) is 21.3 Å². The molecule has 0 aliphatic carbocycles. The van der Waals surface area contributed by atoms with Gasteiger partial charge in [0.05, 0.1) is 0 Å². The van der Waals surface area contributed by atoms with Gasteiger partial charge in [0.15, 0.2) is 0 Å². The van der Waals surface area contributed by atoms with E-state index in [1.807, 2.05) is 20.0 Å². The molecular formula is C41H130O19Si6. The van der Waals surface area contributed by atoms with Crippen molar-refractivity contribution in [3.63, 3.8) is 0 Å². The van der Waals surface area contributed by atoms with Crippen molar-refractivity contribution in [2.75, 3.05) is 128 Å². The smallest absolute Gasteiger partial charge is 0.377 e. The first-order valence-electron chi connectivity index (χ1n) is 16.9. The maximum Gasteiger partial charge on any atom is 0.676 e. The van der Waals surface area contributed by atoms with Crippen molar-refractivity contribution in [3.8, 4) is 0 Å². The average Bonchev–Trinajstić information content (AvgIpc) is 3.25. The zero-order valence-corrected chi connectivity index (χ0v) is 44.0. The Labute approximate surface area is 424 Å². The van der Waals surface area contributed by atoms with Crippen LogP contribution in [0.3, 0.4) is 0 Å². The minimum atomic E-state index is -3.17. The Hall–Kier alpha value is 0.541. The van der Waals surface area contributed by atoms with Gasteiger partial charge in [0.1, 0.15) is 0 Å². The van der Waals surface area contributed by atoms with E-state index >= 15 is 0 Å². The second kappa shape index (κ2) is 74.5. The number of hydrogen-bond acceptors (Lipinski definition) is 19. The summed E-state index contributed by atoms with van der Waals surface area (Å²) in [5.74, 6) is 0. The van der Waals surface area contributed by atoms with E-state index < -0.39 is 53.1 Å². The third kappa shape index (κ3) is 58.9. The lowest BCUT2D eigenvalue weighted by molar-refractivity contribution is 0.0418. The zero-order valence-electron chi connectivity index (χ0n) is 38.0. The number of unbranched alkanes of at least 4 members (excludes halogenated alkanes) is 1. The predicted octanol–water partition coefficient (Wildman–Crippen LogP) is 11.8. The van der Waals surface area contributed by atoms with Crippen LogP contribution < -0.4 is 0 Å². The summed E-state index contributed by atoms with van der Waals surface area (Å²) in [5.41, 5.74) is 0. The van der Waals surface area contributed by atoms with Crippen LogP contribution in [0.25, 0.3) is 0 Å². The molecule has 0 aliphatic rings. The standard InChI is InChI=1S/C7H18O3Si.C6H16O3Si.C5H14O3Si.2C4H12O3Si.C3H10O4Si.12CH4/c1-5-6-7-11(8-2,9-3)10-4;1-5-6-10(7-2,8-3)9-4;1-5-9(6-2,7-3)8-4;3*1-5-8(4,6-2)7-3;;;;;;;;;;;;/h5-7H2,1-4H3;5-6H2,1-4H3;5H2,1-4H3;2*1-4H3;4H,1-3H3;12*1H4. The SMILES string of the molecule is C.C.C.C.C.C.C.C.C.C.C.C.CCCC[Si](OC)(OC)OC.CCC[Si](OC)(OC)OC.CC[Si](OC)(OC)OC.CO[Si](C)(OC)OC.CO[Si](C)(OC)OC.CO[Si](O)(OC)OC. The van der Waals surface area contributed by atoms with Crippen LogP contribution in [0, 0.1) is 0 Å². The lowest BCUT2D eigenvalue weighted by Crippen LogP contribution is -2.42. The molecular weight excluding hydrogens is 965 g/mol. The maximum absolute atomic E-state index is 8.91. The van der Waals surface area contributed by atoms with Crippen LogP contribution in [0.1, 0.15) is 129 Å². The Morgan fingerprint density at radius 3 is 0.530 bits per heavy atom. The van der Waals surface area contributed by atoms with Crippen LogP contribution in [-0.2, 0) is 79.7 Å². The van der Waals surface area contributed by atoms with Crippen molar-refractivity contribution < 1.29 is 84.5 Å². The van der Waals surface area contributed by atoms with Gasteiger partial charge in [-0.15, -0.1) is 0 Å². The molecule has 0 radical (unpaired) electrons. The van der Waals surface area contributed by atoms with Crippen LogP contribution in [0.2, 0.25) is 31.2 Å². The first-order chi connectivity index (χ1) is 25.3. The van der Waals surface area contributed by atoms with Gasteiger partial charge < -0.3 is 84.5 Å². The molecule has 66 heavy (non-hydrogen) atoms. The predicted molar refractivity (Wildman–Crippen MR) is 301 cm³/mol. The molecule has 0 spiro atoms. The third-order valence-electron chi connectivity index (χ3n) is 7.62. The summed E-state index contributed by atoms with van der Waals surface area (Å²) in [6.07, 6.45) is 3.27. The first-order valence-corrected chi connectivity index (χ1v) is 28.8. The molecule has 1 N–H and O–H groups in total. The molecule has 432 valence electrons. The highest BCUT2D eigenvalue weighted by Crippen LogP contribution is 2.16.